The molecule has 0 amide bonds. The predicted molar refractivity (Wildman–Crippen MR) is 32.8 cm³/mol. The maximum Gasteiger partial charge on any atom is 0.327 e. The van der Waals surface area contributed by atoms with Gasteiger partial charge in [0, 0.05) is 11.7 Å². The molecule has 4 nitrogen and oxygen atoms in total. The first kappa shape index (κ1) is 4.99. The fourth-order valence-corrected chi connectivity index (χ4v) is 1.74. The first-order valence-electron chi connectivity index (χ1n) is 2.60. The molecule has 2 rings (SSSR count). The fraction of sp³-hybridized carbons (Fsp3) is 0.500. The summed E-state index contributed by atoms with van der Waals surface area (Å²) < 4.78 is 2.95. The second-order valence-corrected chi connectivity index (χ2v) is 2.94. The van der Waals surface area contributed by atoms with Crippen LogP contribution in [0.1, 0.15) is 0 Å². The molecule has 0 spiro atoms. The van der Waals surface area contributed by atoms with Gasteiger partial charge < -0.3 is 0 Å². The first-order chi connectivity index (χ1) is 4.29. The minimum atomic E-state index is -0.369. The smallest absolute Gasteiger partial charge is 0.262 e. The minimum absolute atomic E-state index is 0.369. The van der Waals surface area contributed by atoms with Crippen molar-refractivity contribution in [1.29, 1.82) is 0 Å². The number of aromatic nitrogens is 2. The summed E-state index contributed by atoms with van der Waals surface area (Å²) in [6.45, 7) is 1.38. The molecule has 48 valence electrons. The maximum absolute atomic E-state index is 10.7. The van der Waals surface area contributed by atoms with Crippen LogP contribution in [0.25, 0.3) is 0 Å². The van der Waals surface area contributed by atoms with Crippen molar-refractivity contribution in [2.75, 3.05) is 0 Å². The Labute approximate surface area is 54.3 Å². The number of nitrogens with zero attached hydrogens (tertiary/aromatic N) is 2. The van der Waals surface area contributed by atoms with Gasteiger partial charge in [0.25, 0.3) is 0 Å². The van der Waals surface area contributed by atoms with Crippen LogP contribution in [0.15, 0.2) is 9.59 Å². The van der Waals surface area contributed by atoms with E-state index < -0.39 is 0 Å². The van der Waals surface area contributed by atoms with Crippen molar-refractivity contribution in [3.8, 4) is 0 Å². The van der Waals surface area contributed by atoms with Gasteiger partial charge in [-0.2, -0.15) is 0 Å². The van der Waals surface area contributed by atoms with E-state index in [0.717, 1.165) is 0 Å². The molecule has 0 aliphatic carbocycles. The zero-order chi connectivity index (χ0) is 6.43. The van der Waals surface area contributed by atoms with Crippen molar-refractivity contribution in [2.24, 2.45) is 0 Å². The Morgan fingerprint density at radius 3 is 1.78 bits per heavy atom. The Bertz CT molecular complexity index is 312. The number of hydrogen-bond donors (Lipinski definition) is 0. The van der Waals surface area contributed by atoms with E-state index in [1.54, 1.807) is 0 Å². The summed E-state index contributed by atoms with van der Waals surface area (Å²) in [5.74, 6) is 0. The van der Waals surface area contributed by atoms with E-state index in [9.17, 15) is 9.59 Å². The summed E-state index contributed by atoms with van der Waals surface area (Å²) in [4.78, 5) is 21.4. The highest BCUT2D eigenvalue weighted by molar-refractivity contribution is 7.00. The van der Waals surface area contributed by atoms with Crippen LogP contribution in [-0.4, -0.2) is 7.91 Å². The molecule has 1 aliphatic rings. The molecule has 2 bridgehead atoms. The third-order valence-corrected chi connectivity index (χ3v) is 2.43. The molecule has 1 aromatic heterocycles. The summed E-state index contributed by atoms with van der Waals surface area (Å²) in [7, 11) is 0. The molecule has 2 heterocycles. The summed E-state index contributed by atoms with van der Waals surface area (Å²) >= 11 is 1.22. The Kier molecular flexibility index (Phi) is 0.751. The van der Waals surface area contributed by atoms with Crippen LogP contribution in [0, 0.1) is 0 Å². The molecular formula is C4H4N2O2S. The van der Waals surface area contributed by atoms with Crippen LogP contribution in [0.4, 0.5) is 0 Å². The Morgan fingerprint density at radius 1 is 1.11 bits per heavy atom. The van der Waals surface area contributed by atoms with Gasteiger partial charge >= 0.3 is 11.1 Å². The van der Waals surface area contributed by atoms with Gasteiger partial charge in [-0.3, -0.25) is 9.59 Å². The Hall–Kier alpha value is -0.840. The topological polar surface area (TPSA) is 44.0 Å². The zero-order valence-corrected chi connectivity index (χ0v) is 5.35. The van der Waals surface area contributed by atoms with E-state index in [0.29, 0.717) is 13.1 Å². The van der Waals surface area contributed by atoms with Crippen molar-refractivity contribution < 1.29 is 0 Å². The van der Waals surface area contributed by atoms with Crippen LogP contribution in [0.2, 0.25) is 0 Å². The number of hydrogen-bond acceptors (Lipinski definition) is 3. The van der Waals surface area contributed by atoms with E-state index in [2.05, 4.69) is 0 Å². The zero-order valence-electron chi connectivity index (χ0n) is 4.53. The molecule has 5 heteroatoms. The van der Waals surface area contributed by atoms with E-state index >= 15 is 0 Å². The molecule has 0 aromatic carbocycles. The van der Waals surface area contributed by atoms with E-state index in [4.69, 9.17) is 0 Å². The standard InChI is InChI=1S/C4H4N2O2S/c7-3-4(8)6-2-1-5(3)9-6/h1-2H2. The normalized spacial score (nSPS) is 14.7. The van der Waals surface area contributed by atoms with Gasteiger partial charge in [0.15, 0.2) is 0 Å². The lowest BCUT2D eigenvalue weighted by molar-refractivity contribution is 0.615. The van der Waals surface area contributed by atoms with Gasteiger partial charge in [-0.05, 0) is 0 Å². The number of aryl methyl sites for hydroxylation is 2. The summed E-state index contributed by atoms with van der Waals surface area (Å²) in [5, 5.41) is 0. The van der Waals surface area contributed by atoms with Crippen LogP contribution in [0.3, 0.4) is 0 Å². The molecule has 0 saturated heterocycles. The molecule has 9 heavy (non-hydrogen) atoms. The summed E-state index contributed by atoms with van der Waals surface area (Å²) in [5.41, 5.74) is -0.738. The molecule has 0 unspecified atom stereocenters. The largest absolute Gasteiger partial charge is 0.327 e. The van der Waals surface area contributed by atoms with Gasteiger partial charge in [-0.15, -0.1) is 0 Å². The fourth-order valence-electron chi connectivity index (χ4n) is 0.873. The average Bonchev–Trinajstić information content (AvgIpc) is 2.37. The highest BCUT2D eigenvalue weighted by Crippen LogP contribution is 2.00. The van der Waals surface area contributed by atoms with Gasteiger partial charge in [0.2, 0.25) is 0 Å². The third-order valence-electron chi connectivity index (χ3n) is 1.34. The molecule has 0 N–H and O–H groups in total. The van der Waals surface area contributed by atoms with Crippen LogP contribution in [0.5, 0.6) is 0 Å². The summed E-state index contributed by atoms with van der Waals surface area (Å²) in [6.07, 6.45) is 0. The average molecular weight is 144 g/mol. The Morgan fingerprint density at radius 2 is 1.56 bits per heavy atom. The monoisotopic (exact) mass is 144 g/mol. The molecule has 0 atom stereocenters. The van der Waals surface area contributed by atoms with Gasteiger partial charge in [-0.1, -0.05) is 0 Å². The Balaban J connectivity index is 3.03. The SMILES string of the molecule is O=c1c(=O)n2sn1CC2. The second-order valence-electron chi connectivity index (χ2n) is 1.90. The van der Waals surface area contributed by atoms with Crippen LogP contribution >= 0.6 is 11.7 Å². The van der Waals surface area contributed by atoms with E-state index in [1.165, 1.54) is 19.6 Å². The predicted octanol–water partition coefficient (Wildman–Crippen LogP) is -0.915. The summed E-state index contributed by atoms with van der Waals surface area (Å²) in [6, 6.07) is 0. The molecule has 0 radical (unpaired) electrons. The molecule has 1 aromatic rings. The van der Waals surface area contributed by atoms with Gasteiger partial charge in [0.05, 0.1) is 13.1 Å². The molecule has 0 fully saturated rings. The van der Waals surface area contributed by atoms with Crippen LogP contribution in [-0.2, 0) is 13.1 Å². The lowest BCUT2D eigenvalue weighted by Gasteiger charge is -1.90. The minimum Gasteiger partial charge on any atom is -0.262 e. The quantitative estimate of drug-likeness (QED) is 0.442. The lowest BCUT2D eigenvalue weighted by Crippen LogP contribution is -2.36. The third kappa shape index (κ3) is 0.469. The maximum atomic E-state index is 10.7. The van der Waals surface area contributed by atoms with Crippen molar-refractivity contribution in [1.82, 2.24) is 7.91 Å². The van der Waals surface area contributed by atoms with Crippen LogP contribution < -0.4 is 11.1 Å². The molecule has 0 saturated carbocycles. The van der Waals surface area contributed by atoms with Crippen molar-refractivity contribution in [3.63, 3.8) is 0 Å². The number of rotatable bonds is 0. The second kappa shape index (κ2) is 1.36. The lowest BCUT2D eigenvalue weighted by atomic mass is 10.6. The van der Waals surface area contributed by atoms with Gasteiger partial charge in [0.1, 0.15) is 0 Å². The first-order valence-corrected chi connectivity index (χ1v) is 3.33. The van der Waals surface area contributed by atoms with Crippen molar-refractivity contribution in [2.45, 2.75) is 13.1 Å². The molecular weight excluding hydrogens is 140 g/mol. The highest BCUT2D eigenvalue weighted by Gasteiger charge is 2.15. The van der Waals surface area contributed by atoms with Crippen molar-refractivity contribution in [3.05, 3.63) is 20.7 Å². The highest BCUT2D eigenvalue weighted by atomic mass is 32.1. The van der Waals surface area contributed by atoms with Crippen molar-refractivity contribution >= 4 is 11.7 Å². The number of fused-ring (bicyclic) bond motifs is 2. The molecule has 1 aliphatic heterocycles. The van der Waals surface area contributed by atoms with E-state index in [1.807, 2.05) is 0 Å². The van der Waals surface area contributed by atoms with Gasteiger partial charge in [-0.25, -0.2) is 7.91 Å². The van der Waals surface area contributed by atoms with E-state index in [-0.39, 0.29) is 11.1 Å².